The maximum absolute atomic E-state index is 13.1. The van der Waals surface area contributed by atoms with Gasteiger partial charge in [-0.05, 0) is 50.4 Å². The summed E-state index contributed by atoms with van der Waals surface area (Å²) >= 11 is 0. The van der Waals surface area contributed by atoms with Crippen molar-refractivity contribution in [2.45, 2.75) is 6.92 Å². The van der Waals surface area contributed by atoms with E-state index in [0.717, 1.165) is 37.6 Å². The largest absolute Gasteiger partial charge is 0.462 e. The molecule has 0 unspecified atom stereocenters. The molecule has 2 aromatic carbocycles. The maximum atomic E-state index is 13.1. The molecule has 5 rings (SSSR count). The Balaban J connectivity index is 1.49. The lowest BCUT2D eigenvalue weighted by Crippen LogP contribution is -2.44. The van der Waals surface area contributed by atoms with Crippen molar-refractivity contribution in [1.82, 2.24) is 19.4 Å². The van der Waals surface area contributed by atoms with Crippen molar-refractivity contribution in [1.29, 1.82) is 0 Å². The Bertz CT molecular complexity index is 1430. The molecule has 0 atom stereocenters. The molecule has 0 bridgehead atoms. The molecule has 1 aliphatic rings. The summed E-state index contributed by atoms with van der Waals surface area (Å²) in [6, 6.07) is 17.6. The number of rotatable bonds is 6. The SMILES string of the molecule is CCOC(=O)c1cn(-c2ccccc2)c2nc(Nc3ccc(N4CCN(C)CC4)cc3)ncc2c1=O. The second-order valence-corrected chi connectivity index (χ2v) is 8.69. The highest BCUT2D eigenvalue weighted by molar-refractivity contribution is 5.93. The van der Waals surface area contributed by atoms with E-state index in [1.165, 1.54) is 18.1 Å². The zero-order valence-corrected chi connectivity index (χ0v) is 20.3. The maximum Gasteiger partial charge on any atom is 0.343 e. The van der Waals surface area contributed by atoms with Gasteiger partial charge in [-0.15, -0.1) is 0 Å². The average molecular weight is 485 g/mol. The molecule has 0 spiro atoms. The van der Waals surface area contributed by atoms with Crippen LogP contribution in [0.3, 0.4) is 0 Å². The number of nitrogens with one attached hydrogen (secondary N) is 1. The molecule has 1 saturated heterocycles. The number of likely N-dealkylation sites (N-methyl/N-ethyl adjacent to an activating group) is 1. The highest BCUT2D eigenvalue weighted by Crippen LogP contribution is 2.22. The molecule has 9 heteroatoms. The fourth-order valence-corrected chi connectivity index (χ4v) is 4.26. The van der Waals surface area contributed by atoms with Crippen LogP contribution in [0.4, 0.5) is 17.3 Å². The molecule has 1 N–H and O–H groups in total. The zero-order valence-electron chi connectivity index (χ0n) is 20.3. The van der Waals surface area contributed by atoms with Crippen LogP contribution in [0.25, 0.3) is 16.7 Å². The van der Waals surface area contributed by atoms with Gasteiger partial charge in [0.1, 0.15) is 5.56 Å². The minimum absolute atomic E-state index is 0.0583. The fraction of sp³-hybridized carbons (Fsp3) is 0.259. The van der Waals surface area contributed by atoms with Gasteiger partial charge in [0.05, 0.1) is 12.0 Å². The first-order chi connectivity index (χ1) is 17.5. The predicted octanol–water partition coefficient (Wildman–Crippen LogP) is 3.45. The molecule has 1 fully saturated rings. The van der Waals surface area contributed by atoms with Crippen molar-refractivity contribution >= 4 is 34.3 Å². The number of pyridine rings is 1. The van der Waals surface area contributed by atoms with Gasteiger partial charge in [-0.2, -0.15) is 4.98 Å². The quantitative estimate of drug-likeness (QED) is 0.416. The normalized spacial score (nSPS) is 14.1. The van der Waals surface area contributed by atoms with Crippen LogP contribution in [0.15, 0.2) is 71.8 Å². The smallest absolute Gasteiger partial charge is 0.343 e. The Labute approximate surface area is 209 Å². The number of carbonyl (C=O) groups is 1. The summed E-state index contributed by atoms with van der Waals surface area (Å²) in [5.41, 5.74) is 2.65. The second-order valence-electron chi connectivity index (χ2n) is 8.69. The third-order valence-corrected chi connectivity index (χ3v) is 6.27. The molecular weight excluding hydrogens is 456 g/mol. The Kier molecular flexibility index (Phi) is 6.64. The molecule has 4 aromatic rings. The topological polar surface area (TPSA) is 92.6 Å². The standard InChI is InChI=1S/C27H28N6O3/c1-3-36-26(35)23-18-33(21-7-5-4-6-8-21)25-22(24(23)34)17-28-27(30-25)29-19-9-11-20(12-10-19)32-15-13-31(2)14-16-32/h4-12,17-18H,3,13-16H2,1-2H3,(H,28,29,30). The van der Waals surface area contributed by atoms with Gasteiger partial charge in [-0.25, -0.2) is 9.78 Å². The lowest BCUT2D eigenvalue weighted by atomic mass is 10.2. The zero-order chi connectivity index (χ0) is 25.1. The molecule has 0 aliphatic carbocycles. The van der Waals surface area contributed by atoms with Gasteiger partial charge in [0.2, 0.25) is 11.4 Å². The number of nitrogens with zero attached hydrogens (tertiary/aromatic N) is 5. The van der Waals surface area contributed by atoms with Crippen molar-refractivity contribution in [2.75, 3.05) is 50.1 Å². The van der Waals surface area contributed by atoms with E-state index < -0.39 is 11.4 Å². The number of carbonyl (C=O) groups excluding carboxylic acids is 1. The molecule has 36 heavy (non-hydrogen) atoms. The molecule has 0 saturated carbocycles. The molecule has 9 nitrogen and oxygen atoms in total. The van der Waals surface area contributed by atoms with E-state index in [1.54, 1.807) is 11.5 Å². The van der Waals surface area contributed by atoms with Crippen molar-refractivity contribution < 1.29 is 9.53 Å². The van der Waals surface area contributed by atoms with Gasteiger partial charge in [0, 0.05) is 55.6 Å². The molecular formula is C27H28N6O3. The van der Waals surface area contributed by atoms with Gasteiger partial charge >= 0.3 is 5.97 Å². The molecule has 3 heterocycles. The van der Waals surface area contributed by atoms with E-state index >= 15 is 0 Å². The van der Waals surface area contributed by atoms with Crippen molar-refractivity contribution in [3.05, 3.63) is 82.8 Å². The first-order valence-electron chi connectivity index (χ1n) is 12.0. The average Bonchev–Trinajstić information content (AvgIpc) is 2.90. The molecule has 1 aliphatic heterocycles. The van der Waals surface area contributed by atoms with E-state index in [9.17, 15) is 9.59 Å². The van der Waals surface area contributed by atoms with Crippen molar-refractivity contribution in [2.24, 2.45) is 0 Å². The summed E-state index contributed by atoms with van der Waals surface area (Å²) in [6.45, 7) is 5.98. The first kappa shape index (κ1) is 23.5. The molecule has 0 amide bonds. The fourth-order valence-electron chi connectivity index (χ4n) is 4.26. The van der Waals surface area contributed by atoms with Crippen LogP contribution in [0, 0.1) is 0 Å². The lowest BCUT2D eigenvalue weighted by molar-refractivity contribution is 0.0524. The minimum atomic E-state index is -0.670. The summed E-state index contributed by atoms with van der Waals surface area (Å²) in [5, 5.41) is 3.47. The molecule has 184 valence electrons. The second kappa shape index (κ2) is 10.2. The van der Waals surface area contributed by atoms with Gasteiger partial charge in [-0.1, -0.05) is 18.2 Å². The lowest BCUT2D eigenvalue weighted by Gasteiger charge is -2.34. The summed E-state index contributed by atoms with van der Waals surface area (Å²) < 4.78 is 6.81. The number of aromatic nitrogens is 3. The summed E-state index contributed by atoms with van der Waals surface area (Å²) in [6.07, 6.45) is 2.94. The number of hydrogen-bond acceptors (Lipinski definition) is 8. The van der Waals surface area contributed by atoms with Crippen LogP contribution in [0.5, 0.6) is 0 Å². The molecule has 0 radical (unpaired) electrons. The van der Waals surface area contributed by atoms with Crippen molar-refractivity contribution in [3.8, 4) is 5.69 Å². The predicted molar refractivity (Wildman–Crippen MR) is 141 cm³/mol. The van der Waals surface area contributed by atoms with Gasteiger partial charge in [-0.3, -0.25) is 4.79 Å². The number of piperazine rings is 1. The van der Waals surface area contributed by atoms with E-state index in [-0.39, 0.29) is 17.6 Å². The highest BCUT2D eigenvalue weighted by atomic mass is 16.5. The Morgan fingerprint density at radius 3 is 2.42 bits per heavy atom. The summed E-state index contributed by atoms with van der Waals surface area (Å²) in [4.78, 5) is 39.3. The van der Waals surface area contributed by atoms with Crippen LogP contribution < -0.4 is 15.6 Å². The molecule has 2 aromatic heterocycles. The minimum Gasteiger partial charge on any atom is -0.462 e. The van der Waals surface area contributed by atoms with Crippen LogP contribution in [0.2, 0.25) is 0 Å². The monoisotopic (exact) mass is 484 g/mol. The summed E-state index contributed by atoms with van der Waals surface area (Å²) in [7, 11) is 2.14. The number of para-hydroxylation sites is 1. The number of anilines is 3. The van der Waals surface area contributed by atoms with Gasteiger partial charge in [0.15, 0.2) is 5.65 Å². The van der Waals surface area contributed by atoms with Crippen LogP contribution in [-0.4, -0.2) is 65.2 Å². The van der Waals surface area contributed by atoms with Crippen LogP contribution in [0.1, 0.15) is 17.3 Å². The number of fused-ring (bicyclic) bond motifs is 1. The summed E-state index contributed by atoms with van der Waals surface area (Å²) in [5.74, 6) is -0.320. The third kappa shape index (κ3) is 4.78. The Morgan fingerprint density at radius 2 is 1.72 bits per heavy atom. The number of esters is 1. The number of ether oxygens (including phenoxy) is 1. The van der Waals surface area contributed by atoms with Gasteiger partial charge in [0.25, 0.3) is 0 Å². The Morgan fingerprint density at radius 1 is 1.00 bits per heavy atom. The highest BCUT2D eigenvalue weighted by Gasteiger charge is 2.19. The third-order valence-electron chi connectivity index (χ3n) is 6.27. The van der Waals surface area contributed by atoms with Gasteiger partial charge < -0.3 is 24.4 Å². The number of hydrogen-bond donors (Lipinski definition) is 1. The van der Waals surface area contributed by atoms with Crippen molar-refractivity contribution in [3.63, 3.8) is 0 Å². The first-order valence-corrected chi connectivity index (χ1v) is 12.0. The Hall–Kier alpha value is -4.24. The van der Waals surface area contributed by atoms with E-state index in [0.29, 0.717) is 11.6 Å². The van der Waals surface area contributed by atoms with E-state index in [4.69, 9.17) is 4.74 Å². The van der Waals surface area contributed by atoms with Crippen LogP contribution >= 0.6 is 0 Å². The van der Waals surface area contributed by atoms with E-state index in [1.807, 2.05) is 42.5 Å². The van der Waals surface area contributed by atoms with E-state index in [2.05, 4.69) is 44.3 Å². The number of benzene rings is 2. The van der Waals surface area contributed by atoms with Crippen LogP contribution in [-0.2, 0) is 4.74 Å².